The Bertz CT molecular complexity index is 959. The van der Waals surface area contributed by atoms with Crippen LogP contribution in [0.5, 0.6) is 5.75 Å². The summed E-state index contributed by atoms with van der Waals surface area (Å²) in [7, 11) is -2.18. The number of benzene rings is 2. The van der Waals surface area contributed by atoms with E-state index in [4.69, 9.17) is 9.47 Å². The summed E-state index contributed by atoms with van der Waals surface area (Å²) in [5, 5.41) is 0. The van der Waals surface area contributed by atoms with Gasteiger partial charge < -0.3 is 14.4 Å². The minimum absolute atomic E-state index is 0.122. The molecule has 29 heavy (non-hydrogen) atoms. The molecule has 0 bridgehead atoms. The van der Waals surface area contributed by atoms with Crippen molar-refractivity contribution < 1.29 is 22.7 Å². The first-order chi connectivity index (χ1) is 13.9. The minimum Gasteiger partial charge on any atom is -0.485 e. The Labute approximate surface area is 171 Å². The van der Waals surface area contributed by atoms with E-state index in [1.165, 1.54) is 35.6 Å². The molecule has 1 atom stereocenters. The molecule has 0 aliphatic carbocycles. The maximum Gasteiger partial charge on any atom is 0.338 e. The van der Waals surface area contributed by atoms with Crippen molar-refractivity contribution in [3.05, 3.63) is 54.1 Å². The van der Waals surface area contributed by atoms with Crippen LogP contribution in [0.2, 0.25) is 0 Å². The normalized spacial score (nSPS) is 16.3. The van der Waals surface area contributed by atoms with Crippen molar-refractivity contribution in [1.82, 2.24) is 4.31 Å². The number of rotatable bonds is 7. The predicted molar refractivity (Wildman–Crippen MR) is 111 cm³/mol. The molecule has 2 aromatic carbocycles. The maximum atomic E-state index is 12.9. The molecule has 0 aromatic heterocycles. The molecule has 0 saturated carbocycles. The predicted octanol–water partition coefficient (Wildman–Crippen LogP) is 2.77. The lowest BCUT2D eigenvalue weighted by atomic mass is 10.2. The van der Waals surface area contributed by atoms with Gasteiger partial charge in [-0.2, -0.15) is 4.31 Å². The quantitative estimate of drug-likeness (QED) is 0.644. The number of ether oxygens (including phenoxy) is 2. The first kappa shape index (κ1) is 21.1. The van der Waals surface area contributed by atoms with Crippen LogP contribution in [-0.2, 0) is 14.8 Å². The molecule has 1 aliphatic rings. The summed E-state index contributed by atoms with van der Waals surface area (Å²) in [5.41, 5.74) is 1.34. The van der Waals surface area contributed by atoms with Crippen LogP contribution in [0.1, 0.15) is 24.2 Å². The van der Waals surface area contributed by atoms with Crippen molar-refractivity contribution in [3.63, 3.8) is 0 Å². The number of carbonyl (C=O) groups excluding carboxylic acids is 1. The molecule has 0 fully saturated rings. The van der Waals surface area contributed by atoms with Gasteiger partial charge in [-0.25, -0.2) is 13.2 Å². The average molecular weight is 419 g/mol. The zero-order valence-corrected chi connectivity index (χ0v) is 17.7. The van der Waals surface area contributed by atoms with E-state index in [0.717, 1.165) is 18.0 Å². The third-order valence-corrected chi connectivity index (χ3v) is 6.68. The van der Waals surface area contributed by atoms with E-state index in [1.54, 1.807) is 6.92 Å². The molecule has 1 heterocycles. The van der Waals surface area contributed by atoms with Gasteiger partial charge in [0.1, 0.15) is 11.9 Å². The number of esters is 1. The maximum absolute atomic E-state index is 12.9. The van der Waals surface area contributed by atoms with E-state index in [-0.39, 0.29) is 24.2 Å². The molecule has 1 aliphatic heterocycles. The van der Waals surface area contributed by atoms with Gasteiger partial charge in [0.15, 0.2) is 0 Å². The fourth-order valence-corrected chi connectivity index (χ4v) is 4.52. The first-order valence-electron chi connectivity index (χ1n) is 9.61. The molecular formula is C21H26N2O5S. The van der Waals surface area contributed by atoms with Gasteiger partial charge in [0, 0.05) is 13.6 Å². The third-order valence-electron chi connectivity index (χ3n) is 4.84. The minimum atomic E-state index is -3.71. The number of sulfonamides is 1. The highest BCUT2D eigenvalue weighted by molar-refractivity contribution is 7.89. The Morgan fingerprint density at radius 1 is 1.17 bits per heavy atom. The highest BCUT2D eigenvalue weighted by Gasteiger charge is 2.29. The van der Waals surface area contributed by atoms with Crippen molar-refractivity contribution >= 4 is 21.7 Å². The Balaban J connectivity index is 1.73. The fraction of sp³-hybridized carbons (Fsp3) is 0.381. The second kappa shape index (κ2) is 8.84. The molecular weight excluding hydrogens is 392 g/mol. The molecule has 0 unspecified atom stereocenters. The van der Waals surface area contributed by atoms with Crippen LogP contribution in [0.25, 0.3) is 0 Å². The van der Waals surface area contributed by atoms with Crippen LogP contribution < -0.4 is 9.64 Å². The largest absolute Gasteiger partial charge is 0.485 e. The zero-order chi connectivity index (χ0) is 21.0. The van der Waals surface area contributed by atoms with Crippen molar-refractivity contribution in [3.8, 4) is 5.75 Å². The van der Waals surface area contributed by atoms with Crippen LogP contribution in [0.3, 0.4) is 0 Å². The van der Waals surface area contributed by atoms with E-state index >= 15 is 0 Å². The number of anilines is 1. The van der Waals surface area contributed by atoms with E-state index in [1.807, 2.05) is 24.3 Å². The molecule has 8 heteroatoms. The second-order valence-corrected chi connectivity index (χ2v) is 8.82. The van der Waals surface area contributed by atoms with Crippen LogP contribution in [-0.4, -0.2) is 58.1 Å². The number of fused-ring (bicyclic) bond motifs is 1. The van der Waals surface area contributed by atoms with Gasteiger partial charge in [-0.15, -0.1) is 0 Å². The fourth-order valence-electron chi connectivity index (χ4n) is 3.32. The van der Waals surface area contributed by atoms with Crippen LogP contribution >= 0.6 is 0 Å². The van der Waals surface area contributed by atoms with Crippen LogP contribution in [0, 0.1) is 0 Å². The van der Waals surface area contributed by atoms with Crippen LogP contribution in [0.15, 0.2) is 53.4 Å². The highest BCUT2D eigenvalue weighted by Crippen LogP contribution is 2.33. The molecule has 0 saturated heterocycles. The molecule has 0 spiro atoms. The van der Waals surface area contributed by atoms with E-state index < -0.39 is 16.0 Å². The second-order valence-electron chi connectivity index (χ2n) is 6.78. The van der Waals surface area contributed by atoms with Gasteiger partial charge in [0.25, 0.3) is 0 Å². The molecule has 156 valence electrons. The number of carbonyl (C=O) groups is 1. The summed E-state index contributed by atoms with van der Waals surface area (Å²) >= 11 is 0. The number of hydrogen-bond acceptors (Lipinski definition) is 6. The number of para-hydroxylation sites is 2. The van der Waals surface area contributed by atoms with Crippen molar-refractivity contribution in [2.45, 2.75) is 24.8 Å². The standard InChI is InChI=1S/C21H26N2O5S/c1-4-23-15-17(28-20-9-7-6-8-19(20)23)14-22(3)29(25,26)18-12-10-16(11-13-18)21(24)27-5-2/h6-13,17H,4-5,14-15H2,1-3H3/t17-/m1/s1. The van der Waals surface area contributed by atoms with Gasteiger partial charge in [0.05, 0.1) is 35.8 Å². The topological polar surface area (TPSA) is 76.2 Å². The smallest absolute Gasteiger partial charge is 0.338 e. The summed E-state index contributed by atoms with van der Waals surface area (Å²) in [4.78, 5) is 14.1. The van der Waals surface area contributed by atoms with E-state index in [0.29, 0.717) is 12.1 Å². The average Bonchev–Trinajstić information content (AvgIpc) is 2.73. The molecule has 0 N–H and O–H groups in total. The lowest BCUT2D eigenvalue weighted by molar-refractivity contribution is 0.0526. The Morgan fingerprint density at radius 2 is 1.86 bits per heavy atom. The Morgan fingerprint density at radius 3 is 2.52 bits per heavy atom. The number of hydrogen-bond donors (Lipinski definition) is 0. The van der Waals surface area contributed by atoms with Gasteiger partial charge in [-0.1, -0.05) is 12.1 Å². The summed E-state index contributed by atoms with van der Waals surface area (Å²) in [6, 6.07) is 13.5. The molecule has 0 amide bonds. The first-order valence-corrected chi connectivity index (χ1v) is 11.0. The Hall–Kier alpha value is -2.58. The Kier molecular flexibility index (Phi) is 6.44. The summed E-state index contributed by atoms with van der Waals surface area (Å²) in [6.07, 6.45) is -0.288. The monoisotopic (exact) mass is 418 g/mol. The third kappa shape index (κ3) is 4.54. The summed E-state index contributed by atoms with van der Waals surface area (Å²) in [5.74, 6) is 0.286. The van der Waals surface area contributed by atoms with Crippen molar-refractivity contribution in [2.24, 2.45) is 0 Å². The highest BCUT2D eigenvalue weighted by atomic mass is 32.2. The van der Waals surface area contributed by atoms with Gasteiger partial charge in [-0.05, 0) is 50.2 Å². The zero-order valence-electron chi connectivity index (χ0n) is 16.9. The number of nitrogens with zero attached hydrogens (tertiary/aromatic N) is 2. The lowest BCUT2D eigenvalue weighted by Gasteiger charge is -2.36. The van der Waals surface area contributed by atoms with E-state index in [9.17, 15) is 13.2 Å². The summed E-state index contributed by atoms with van der Waals surface area (Å²) < 4.78 is 38.2. The van der Waals surface area contributed by atoms with E-state index in [2.05, 4.69) is 11.8 Å². The molecule has 2 aromatic rings. The molecule has 7 nitrogen and oxygen atoms in total. The van der Waals surface area contributed by atoms with Crippen LogP contribution in [0.4, 0.5) is 5.69 Å². The summed E-state index contributed by atoms with van der Waals surface area (Å²) in [6.45, 7) is 5.67. The molecule has 0 radical (unpaired) electrons. The van der Waals surface area contributed by atoms with Gasteiger partial charge in [-0.3, -0.25) is 0 Å². The van der Waals surface area contributed by atoms with Crippen molar-refractivity contribution in [1.29, 1.82) is 0 Å². The molecule has 3 rings (SSSR count). The lowest BCUT2D eigenvalue weighted by Crippen LogP contribution is -2.46. The number of likely N-dealkylation sites (N-methyl/N-ethyl adjacent to an activating group) is 2. The van der Waals surface area contributed by atoms with Gasteiger partial charge >= 0.3 is 5.97 Å². The van der Waals surface area contributed by atoms with Crippen molar-refractivity contribution in [2.75, 3.05) is 38.2 Å². The SMILES string of the molecule is CCOC(=O)c1ccc(S(=O)(=O)N(C)C[C@@H]2CN(CC)c3ccccc3O2)cc1. The van der Waals surface area contributed by atoms with Gasteiger partial charge in [0.2, 0.25) is 10.0 Å².